The fourth-order valence-corrected chi connectivity index (χ4v) is 4.76. The number of aromatic nitrogens is 2. The Morgan fingerprint density at radius 1 is 1.19 bits per heavy atom. The van der Waals surface area contributed by atoms with Crippen molar-refractivity contribution < 1.29 is 9.59 Å². The highest BCUT2D eigenvalue weighted by Gasteiger charge is 2.20. The van der Waals surface area contributed by atoms with E-state index in [1.54, 1.807) is 0 Å². The molecule has 0 spiro atoms. The number of carbonyl (C=O) groups excluding carboxylic acids is 2. The van der Waals surface area contributed by atoms with Crippen molar-refractivity contribution in [3.8, 4) is 0 Å². The number of hydrogen-bond donors (Lipinski definition) is 2. The Kier molecular flexibility index (Phi) is 6.27. The van der Waals surface area contributed by atoms with E-state index in [1.807, 2.05) is 30.3 Å². The molecule has 4 rings (SSSR count). The van der Waals surface area contributed by atoms with E-state index >= 15 is 0 Å². The van der Waals surface area contributed by atoms with Crippen LogP contribution in [0.25, 0.3) is 0 Å². The molecule has 1 aliphatic carbocycles. The first-order valence-corrected chi connectivity index (χ1v) is 11.1. The lowest BCUT2D eigenvalue weighted by Crippen LogP contribution is -2.29. The molecule has 1 aromatic carbocycles. The number of pyridine rings is 1. The highest BCUT2D eigenvalue weighted by Crippen LogP contribution is 2.32. The smallest absolute Gasteiger partial charge is 0.253 e. The van der Waals surface area contributed by atoms with E-state index in [9.17, 15) is 14.4 Å². The second-order valence-electron chi connectivity index (χ2n) is 7.84. The molecule has 1 atom stereocenters. The Morgan fingerprint density at radius 3 is 2.81 bits per heavy atom. The predicted molar refractivity (Wildman–Crippen MR) is 120 cm³/mol. The standard InChI is InChI=1S/C23H24N4O3S/c1-15-7-9-18-19(11-15)31-23(25-18)26-20(28)14-27-13-17(8-10-21(27)29)22(30)24-12-16-5-3-2-4-6-16/h2-6,8,10,13,15H,7,9,11-12,14H2,1H3,(H,24,30)(H,25,26,28)/t15-/m0/s1. The van der Waals surface area contributed by atoms with Gasteiger partial charge in [-0.3, -0.25) is 14.4 Å². The second-order valence-corrected chi connectivity index (χ2v) is 8.92. The molecule has 3 aromatic rings. The number of thiazole rings is 1. The predicted octanol–water partition coefficient (Wildman–Crippen LogP) is 3.00. The number of carbonyl (C=O) groups is 2. The van der Waals surface area contributed by atoms with Gasteiger partial charge < -0.3 is 15.2 Å². The quantitative estimate of drug-likeness (QED) is 0.621. The normalized spacial score (nSPS) is 15.2. The van der Waals surface area contributed by atoms with Gasteiger partial charge >= 0.3 is 0 Å². The number of rotatable bonds is 6. The van der Waals surface area contributed by atoms with Crippen LogP contribution in [0.1, 0.15) is 39.8 Å². The third kappa shape index (κ3) is 5.27. The number of nitrogens with zero attached hydrogens (tertiary/aromatic N) is 2. The number of anilines is 1. The molecule has 8 heteroatoms. The van der Waals surface area contributed by atoms with Crippen molar-refractivity contribution in [1.29, 1.82) is 0 Å². The molecule has 2 amide bonds. The number of nitrogens with one attached hydrogen (secondary N) is 2. The average Bonchev–Trinajstić information content (AvgIpc) is 3.15. The van der Waals surface area contributed by atoms with E-state index in [-0.39, 0.29) is 23.9 Å². The fraction of sp³-hybridized carbons (Fsp3) is 0.304. The van der Waals surface area contributed by atoms with Gasteiger partial charge in [-0.15, -0.1) is 11.3 Å². The Hall–Kier alpha value is -3.26. The van der Waals surface area contributed by atoms with Gasteiger partial charge in [-0.1, -0.05) is 37.3 Å². The Labute approximate surface area is 184 Å². The van der Waals surface area contributed by atoms with E-state index in [4.69, 9.17) is 0 Å². The van der Waals surface area contributed by atoms with Crippen LogP contribution in [0.3, 0.4) is 0 Å². The van der Waals surface area contributed by atoms with Crippen LogP contribution in [0.5, 0.6) is 0 Å². The van der Waals surface area contributed by atoms with Crippen LogP contribution in [0.4, 0.5) is 5.13 Å². The van der Waals surface area contributed by atoms with Gasteiger partial charge in [0.25, 0.3) is 11.5 Å². The van der Waals surface area contributed by atoms with Gasteiger partial charge in [0.15, 0.2) is 5.13 Å². The van der Waals surface area contributed by atoms with Crippen LogP contribution in [0, 0.1) is 5.92 Å². The molecule has 0 saturated carbocycles. The first kappa shape index (κ1) is 21.0. The second kappa shape index (κ2) is 9.26. The zero-order valence-corrected chi connectivity index (χ0v) is 18.1. The molecule has 1 aliphatic rings. The summed E-state index contributed by atoms with van der Waals surface area (Å²) < 4.78 is 1.24. The average molecular weight is 437 g/mol. The first-order valence-electron chi connectivity index (χ1n) is 10.3. The van der Waals surface area contributed by atoms with Gasteiger partial charge in [0.05, 0.1) is 11.3 Å². The Bertz CT molecular complexity index is 1150. The first-order chi connectivity index (χ1) is 15.0. The van der Waals surface area contributed by atoms with Crippen LogP contribution in [0.2, 0.25) is 0 Å². The molecule has 0 saturated heterocycles. The number of benzene rings is 1. The number of amides is 2. The summed E-state index contributed by atoms with van der Waals surface area (Å²) in [6, 6.07) is 12.3. The van der Waals surface area contributed by atoms with Crippen LogP contribution >= 0.6 is 11.3 Å². The SMILES string of the molecule is C[C@H]1CCc2nc(NC(=O)Cn3cc(C(=O)NCc4ccccc4)ccc3=O)sc2C1. The monoisotopic (exact) mass is 436 g/mol. The highest BCUT2D eigenvalue weighted by molar-refractivity contribution is 7.15. The van der Waals surface area contributed by atoms with E-state index in [0.717, 1.165) is 30.5 Å². The molecule has 0 unspecified atom stereocenters. The summed E-state index contributed by atoms with van der Waals surface area (Å²) in [4.78, 5) is 42.9. The van der Waals surface area contributed by atoms with Gasteiger partial charge in [-0.05, 0) is 36.8 Å². The van der Waals surface area contributed by atoms with Crippen LogP contribution in [-0.4, -0.2) is 21.4 Å². The van der Waals surface area contributed by atoms with Crippen molar-refractivity contribution in [2.45, 2.75) is 39.3 Å². The summed E-state index contributed by atoms with van der Waals surface area (Å²) >= 11 is 1.50. The summed E-state index contributed by atoms with van der Waals surface area (Å²) in [6.07, 6.45) is 4.44. The maximum atomic E-state index is 12.5. The van der Waals surface area contributed by atoms with E-state index in [0.29, 0.717) is 23.2 Å². The van der Waals surface area contributed by atoms with Crippen molar-refractivity contribution in [3.05, 3.63) is 80.7 Å². The summed E-state index contributed by atoms with van der Waals surface area (Å²) in [5.41, 5.74) is 2.01. The molecular formula is C23H24N4O3S. The van der Waals surface area contributed by atoms with E-state index in [1.165, 1.54) is 39.1 Å². The van der Waals surface area contributed by atoms with Crippen molar-refractivity contribution >= 4 is 28.3 Å². The van der Waals surface area contributed by atoms with Crippen molar-refractivity contribution in [2.75, 3.05) is 5.32 Å². The lowest BCUT2D eigenvalue weighted by Gasteiger charge is -2.15. The molecule has 2 N–H and O–H groups in total. The number of hydrogen-bond acceptors (Lipinski definition) is 5. The summed E-state index contributed by atoms with van der Waals surface area (Å²) in [5.74, 6) is -0.0197. The van der Waals surface area contributed by atoms with Gasteiger partial charge in [-0.25, -0.2) is 4.98 Å². The zero-order valence-electron chi connectivity index (χ0n) is 17.3. The van der Waals surface area contributed by atoms with Gasteiger partial charge in [-0.2, -0.15) is 0 Å². The maximum Gasteiger partial charge on any atom is 0.253 e. The third-order valence-corrected chi connectivity index (χ3v) is 6.32. The number of fused-ring (bicyclic) bond motifs is 1. The Balaban J connectivity index is 1.39. The summed E-state index contributed by atoms with van der Waals surface area (Å²) in [5, 5.41) is 6.18. The zero-order chi connectivity index (χ0) is 21.8. The molecule has 7 nitrogen and oxygen atoms in total. The highest BCUT2D eigenvalue weighted by atomic mass is 32.1. The minimum atomic E-state index is -0.345. The maximum absolute atomic E-state index is 12.5. The molecule has 2 heterocycles. The molecular weight excluding hydrogens is 412 g/mol. The summed E-state index contributed by atoms with van der Waals surface area (Å²) in [7, 11) is 0. The Morgan fingerprint density at radius 2 is 2.00 bits per heavy atom. The largest absolute Gasteiger partial charge is 0.348 e. The van der Waals surface area contributed by atoms with Gasteiger partial charge in [0.2, 0.25) is 5.91 Å². The minimum Gasteiger partial charge on any atom is -0.348 e. The topological polar surface area (TPSA) is 93.1 Å². The summed E-state index contributed by atoms with van der Waals surface area (Å²) in [6.45, 7) is 2.42. The molecule has 0 bridgehead atoms. The van der Waals surface area contributed by atoms with Crippen molar-refractivity contribution in [2.24, 2.45) is 5.92 Å². The van der Waals surface area contributed by atoms with Gasteiger partial charge in [0, 0.05) is 23.7 Å². The van der Waals surface area contributed by atoms with E-state index < -0.39 is 0 Å². The minimum absolute atomic E-state index is 0.181. The van der Waals surface area contributed by atoms with Gasteiger partial charge in [0.1, 0.15) is 6.54 Å². The lowest BCUT2D eigenvalue weighted by molar-refractivity contribution is -0.116. The molecule has 0 radical (unpaired) electrons. The fourth-order valence-electron chi connectivity index (χ4n) is 3.58. The number of aryl methyl sites for hydroxylation is 1. The molecule has 0 fully saturated rings. The third-order valence-electron chi connectivity index (χ3n) is 5.29. The molecule has 160 valence electrons. The van der Waals surface area contributed by atoms with Crippen LogP contribution in [-0.2, 0) is 30.7 Å². The van der Waals surface area contributed by atoms with E-state index in [2.05, 4.69) is 22.5 Å². The lowest BCUT2D eigenvalue weighted by atomic mass is 9.93. The van der Waals surface area contributed by atoms with Crippen molar-refractivity contribution in [1.82, 2.24) is 14.9 Å². The van der Waals surface area contributed by atoms with Crippen LogP contribution in [0.15, 0.2) is 53.5 Å². The molecule has 31 heavy (non-hydrogen) atoms. The van der Waals surface area contributed by atoms with Crippen LogP contribution < -0.4 is 16.2 Å². The molecule has 0 aliphatic heterocycles. The van der Waals surface area contributed by atoms with Crippen molar-refractivity contribution in [3.63, 3.8) is 0 Å². The molecule has 2 aromatic heterocycles.